The van der Waals surface area contributed by atoms with Gasteiger partial charge in [-0.15, -0.1) is 0 Å². The first-order chi connectivity index (χ1) is 6.59. The van der Waals surface area contributed by atoms with Gasteiger partial charge in [0, 0.05) is 10.7 Å². The topological polar surface area (TPSA) is 90.8 Å². The summed E-state index contributed by atoms with van der Waals surface area (Å²) in [6.07, 6.45) is -0.126. The molecule has 0 atom stereocenters. The predicted molar refractivity (Wildman–Crippen MR) is 48.8 cm³/mol. The highest BCUT2D eigenvalue weighted by molar-refractivity contribution is 9.10. The number of carboxylic acid groups (broad SMARTS) is 1. The van der Waals surface area contributed by atoms with Crippen molar-refractivity contribution in [1.82, 2.24) is 14.5 Å². The molecule has 0 radical (unpaired) electrons. The number of carbonyl (C=O) groups is 1. The van der Waals surface area contributed by atoms with Crippen molar-refractivity contribution in [2.45, 2.75) is 0 Å². The second-order valence-electron chi connectivity index (χ2n) is 2.55. The minimum Gasteiger partial charge on any atom is -0.529 e. The molecule has 2 rings (SSSR count). The second-order valence-corrected chi connectivity index (χ2v) is 3.47. The predicted octanol–water partition coefficient (Wildman–Crippen LogP) is -0.322. The van der Waals surface area contributed by atoms with E-state index in [1.807, 2.05) is 0 Å². The van der Waals surface area contributed by atoms with Crippen LogP contribution in [0.2, 0.25) is 0 Å². The summed E-state index contributed by atoms with van der Waals surface area (Å²) in [5.41, 5.74) is -0.391. The molecular formula is C7H3BrN3O3-. The molecule has 1 N–H and O–H groups in total. The number of rotatable bonds is 0. The van der Waals surface area contributed by atoms with E-state index in [-0.39, 0.29) is 11.2 Å². The molecule has 0 aliphatic rings. The number of pyridine rings is 1. The van der Waals surface area contributed by atoms with E-state index >= 15 is 0 Å². The Morgan fingerprint density at radius 2 is 2.36 bits per heavy atom. The molecule has 0 saturated carbocycles. The fraction of sp³-hybridized carbons (Fsp3) is 0. The van der Waals surface area contributed by atoms with Crippen molar-refractivity contribution < 1.29 is 9.90 Å². The van der Waals surface area contributed by atoms with E-state index in [4.69, 9.17) is 0 Å². The molecule has 14 heavy (non-hydrogen) atoms. The lowest BCUT2D eigenvalue weighted by Gasteiger charge is -2.01. The third kappa shape index (κ3) is 1.22. The normalized spacial score (nSPS) is 10.6. The van der Waals surface area contributed by atoms with Crippen molar-refractivity contribution >= 4 is 33.2 Å². The van der Waals surface area contributed by atoms with Gasteiger partial charge < -0.3 is 9.90 Å². The number of aromatic nitrogens is 3. The Hall–Kier alpha value is -1.63. The van der Waals surface area contributed by atoms with E-state index in [0.717, 1.165) is 0 Å². The lowest BCUT2D eigenvalue weighted by Crippen LogP contribution is -2.35. The summed E-state index contributed by atoms with van der Waals surface area (Å²) in [5.74, 6) is 0. The van der Waals surface area contributed by atoms with Gasteiger partial charge in [-0.25, -0.2) is 14.3 Å². The van der Waals surface area contributed by atoms with Crippen LogP contribution in [-0.4, -0.2) is 20.6 Å². The summed E-state index contributed by atoms with van der Waals surface area (Å²) in [5, 5.41) is 10.6. The number of hydrogen-bond donors (Lipinski definition) is 1. The highest BCUT2D eigenvalue weighted by Crippen LogP contribution is 2.13. The Bertz CT molecular complexity index is 571. The Labute approximate surface area is 85.3 Å². The molecule has 0 aromatic carbocycles. The van der Waals surface area contributed by atoms with Gasteiger partial charge >= 0.3 is 5.69 Å². The van der Waals surface area contributed by atoms with Gasteiger partial charge in [-0.2, -0.15) is 0 Å². The largest absolute Gasteiger partial charge is 0.529 e. The highest BCUT2D eigenvalue weighted by Gasteiger charge is 2.08. The Morgan fingerprint density at radius 3 is 3.00 bits per heavy atom. The van der Waals surface area contributed by atoms with Gasteiger partial charge in [0.2, 0.25) is 0 Å². The van der Waals surface area contributed by atoms with Crippen LogP contribution >= 0.6 is 15.9 Å². The number of hydrogen-bond acceptors (Lipinski definition) is 4. The van der Waals surface area contributed by atoms with E-state index in [1.54, 1.807) is 0 Å². The van der Waals surface area contributed by atoms with Crippen LogP contribution < -0.4 is 10.8 Å². The molecule has 2 aromatic heterocycles. The van der Waals surface area contributed by atoms with Crippen LogP contribution in [0.3, 0.4) is 0 Å². The number of H-pyrrole nitrogens is 1. The third-order valence-corrected chi connectivity index (χ3v) is 2.12. The number of nitrogens with zero attached hydrogens (tertiary/aromatic N) is 2. The first-order valence-electron chi connectivity index (χ1n) is 3.57. The molecule has 2 heterocycles. The fourth-order valence-corrected chi connectivity index (χ4v) is 1.46. The molecule has 0 aliphatic carbocycles. The van der Waals surface area contributed by atoms with Gasteiger partial charge in [0.05, 0.1) is 5.52 Å². The minimum absolute atomic E-state index is 0.171. The molecule has 72 valence electrons. The summed E-state index contributed by atoms with van der Waals surface area (Å²) >= 11 is 3.12. The van der Waals surface area contributed by atoms with E-state index in [9.17, 15) is 14.7 Å². The van der Waals surface area contributed by atoms with Gasteiger partial charge in [0.25, 0.3) is 0 Å². The molecular weight excluding hydrogens is 254 g/mol. The zero-order valence-corrected chi connectivity index (χ0v) is 8.24. The lowest BCUT2D eigenvalue weighted by atomic mass is 10.4. The molecule has 0 aliphatic heterocycles. The van der Waals surface area contributed by atoms with Crippen molar-refractivity contribution in [3.8, 4) is 0 Å². The van der Waals surface area contributed by atoms with Gasteiger partial charge in [-0.1, -0.05) is 0 Å². The number of carbonyl (C=O) groups excluding carboxylic acids is 1. The molecule has 7 heteroatoms. The molecule has 0 saturated heterocycles. The first-order valence-corrected chi connectivity index (χ1v) is 4.36. The number of aromatic amines is 1. The Morgan fingerprint density at radius 1 is 1.64 bits per heavy atom. The van der Waals surface area contributed by atoms with Crippen molar-refractivity contribution in [2.75, 3.05) is 0 Å². The van der Waals surface area contributed by atoms with Crippen LogP contribution in [0.4, 0.5) is 4.79 Å². The van der Waals surface area contributed by atoms with Crippen molar-refractivity contribution in [3.63, 3.8) is 0 Å². The monoisotopic (exact) mass is 256 g/mol. The van der Waals surface area contributed by atoms with Gasteiger partial charge in [-0.3, -0.25) is 4.98 Å². The minimum atomic E-state index is -1.58. The zero-order chi connectivity index (χ0) is 10.3. The SMILES string of the molecule is O=C([O-])n1c(=O)[nH]c2ncc(Br)cc21. The van der Waals surface area contributed by atoms with Gasteiger partial charge in [0.1, 0.15) is 6.09 Å². The maximum atomic E-state index is 11.1. The second kappa shape index (κ2) is 2.95. The summed E-state index contributed by atoms with van der Waals surface area (Å²) in [4.78, 5) is 27.8. The quantitative estimate of drug-likeness (QED) is 0.700. The average molecular weight is 257 g/mol. The van der Waals surface area contributed by atoms with Gasteiger partial charge in [0.15, 0.2) is 5.65 Å². The fourth-order valence-electron chi connectivity index (χ4n) is 1.14. The standard InChI is InChI=1S/C7H4BrN3O3/c8-3-1-4-5(9-2-3)10-6(12)11(4)7(13)14/h1-2H,(H,13,14)(H,9,10,12)/p-1. The molecule has 2 aromatic rings. The highest BCUT2D eigenvalue weighted by atomic mass is 79.9. The van der Waals surface area contributed by atoms with E-state index in [0.29, 0.717) is 9.04 Å². The van der Waals surface area contributed by atoms with E-state index < -0.39 is 11.8 Å². The molecule has 6 nitrogen and oxygen atoms in total. The van der Waals surface area contributed by atoms with E-state index in [2.05, 4.69) is 25.9 Å². The molecule has 0 unspecified atom stereocenters. The average Bonchev–Trinajstić information content (AvgIpc) is 2.40. The lowest BCUT2D eigenvalue weighted by molar-refractivity contribution is -0.250. The molecule has 0 spiro atoms. The number of nitrogens with one attached hydrogen (secondary N) is 1. The maximum Gasteiger partial charge on any atom is 0.333 e. The summed E-state index contributed by atoms with van der Waals surface area (Å²) in [6, 6.07) is 1.47. The third-order valence-electron chi connectivity index (χ3n) is 1.69. The number of imidazole rings is 1. The van der Waals surface area contributed by atoms with Crippen molar-refractivity contribution in [2.24, 2.45) is 0 Å². The summed E-state index contributed by atoms with van der Waals surface area (Å²) in [6.45, 7) is 0. The van der Waals surface area contributed by atoms with Crippen molar-refractivity contribution in [3.05, 3.63) is 27.2 Å². The van der Waals surface area contributed by atoms with Crippen LogP contribution in [-0.2, 0) is 0 Å². The summed E-state index contributed by atoms with van der Waals surface area (Å²) < 4.78 is 1.08. The van der Waals surface area contributed by atoms with Crippen LogP contribution in [0, 0.1) is 0 Å². The van der Waals surface area contributed by atoms with Gasteiger partial charge in [-0.05, 0) is 22.0 Å². The Balaban J connectivity index is 2.93. The number of fused-ring (bicyclic) bond motifs is 1. The molecule has 0 fully saturated rings. The zero-order valence-electron chi connectivity index (χ0n) is 6.65. The van der Waals surface area contributed by atoms with Crippen LogP contribution in [0.15, 0.2) is 21.5 Å². The summed E-state index contributed by atoms with van der Waals surface area (Å²) in [7, 11) is 0. The Kier molecular flexibility index (Phi) is 1.88. The van der Waals surface area contributed by atoms with Crippen LogP contribution in [0.1, 0.15) is 0 Å². The molecule has 0 amide bonds. The van der Waals surface area contributed by atoms with Crippen LogP contribution in [0.25, 0.3) is 11.2 Å². The smallest absolute Gasteiger partial charge is 0.333 e. The van der Waals surface area contributed by atoms with Crippen molar-refractivity contribution in [1.29, 1.82) is 0 Å². The maximum absolute atomic E-state index is 11.1. The number of halogens is 1. The molecule has 0 bridgehead atoms. The van der Waals surface area contributed by atoms with E-state index in [1.165, 1.54) is 12.3 Å². The van der Waals surface area contributed by atoms with Crippen LogP contribution in [0.5, 0.6) is 0 Å². The first kappa shape index (κ1) is 8.95.